The van der Waals surface area contributed by atoms with Crippen LogP contribution in [0.25, 0.3) is 0 Å². The molecular formula is C14H19F3N2O. The minimum Gasteiger partial charge on any atom is -0.355 e. The summed E-state index contributed by atoms with van der Waals surface area (Å²) in [7, 11) is 0. The Hall–Kier alpha value is -1.56. The van der Waals surface area contributed by atoms with Gasteiger partial charge in [-0.1, -0.05) is 26.0 Å². The number of benzene rings is 1. The zero-order valence-corrected chi connectivity index (χ0v) is 11.6. The molecule has 0 aliphatic heterocycles. The van der Waals surface area contributed by atoms with Gasteiger partial charge in [0.05, 0.1) is 12.1 Å². The number of carbonyl (C=O) groups is 1. The largest absolute Gasteiger partial charge is 0.416 e. The predicted octanol–water partition coefficient (Wildman–Crippen LogP) is 2.57. The number of hydrogen-bond donors (Lipinski definition) is 2. The van der Waals surface area contributed by atoms with E-state index in [4.69, 9.17) is 0 Å². The molecule has 0 heterocycles. The fourth-order valence-corrected chi connectivity index (χ4v) is 1.51. The van der Waals surface area contributed by atoms with Crippen LogP contribution in [0, 0.1) is 5.92 Å². The summed E-state index contributed by atoms with van der Waals surface area (Å²) in [6, 6.07) is 4.88. The van der Waals surface area contributed by atoms with E-state index >= 15 is 0 Å². The van der Waals surface area contributed by atoms with Crippen LogP contribution in [-0.2, 0) is 17.5 Å². The van der Waals surface area contributed by atoms with E-state index in [1.54, 1.807) is 0 Å². The van der Waals surface area contributed by atoms with E-state index in [0.29, 0.717) is 24.6 Å². The molecule has 1 amide bonds. The van der Waals surface area contributed by atoms with Gasteiger partial charge in [-0.2, -0.15) is 13.2 Å². The standard InChI is InChI=1S/C14H19F3N2O/c1-10(2)7-19-13(20)9-18-8-11-3-5-12(6-4-11)14(15,16)17/h3-6,10,18H,7-9H2,1-2H3,(H,19,20). The second-order valence-electron chi connectivity index (χ2n) is 5.00. The van der Waals surface area contributed by atoms with Gasteiger partial charge < -0.3 is 10.6 Å². The first-order chi connectivity index (χ1) is 9.29. The zero-order valence-electron chi connectivity index (χ0n) is 11.6. The molecule has 0 radical (unpaired) electrons. The van der Waals surface area contributed by atoms with E-state index in [1.165, 1.54) is 12.1 Å². The van der Waals surface area contributed by atoms with Gasteiger partial charge in [0.1, 0.15) is 0 Å². The molecule has 1 aromatic rings. The minimum atomic E-state index is -4.32. The Labute approximate surface area is 116 Å². The lowest BCUT2D eigenvalue weighted by atomic mass is 10.1. The first-order valence-corrected chi connectivity index (χ1v) is 6.42. The lowest BCUT2D eigenvalue weighted by Crippen LogP contribution is -2.35. The van der Waals surface area contributed by atoms with Crippen LogP contribution >= 0.6 is 0 Å². The highest BCUT2D eigenvalue weighted by molar-refractivity contribution is 5.77. The second kappa shape index (κ2) is 7.28. The van der Waals surface area contributed by atoms with Gasteiger partial charge in [0.2, 0.25) is 5.91 Å². The molecule has 3 nitrogen and oxygen atoms in total. The highest BCUT2D eigenvalue weighted by Gasteiger charge is 2.29. The van der Waals surface area contributed by atoms with Gasteiger partial charge in [-0.25, -0.2) is 0 Å². The first-order valence-electron chi connectivity index (χ1n) is 6.42. The molecule has 0 fully saturated rings. The van der Waals surface area contributed by atoms with Crippen molar-refractivity contribution in [3.63, 3.8) is 0 Å². The molecule has 0 spiro atoms. The van der Waals surface area contributed by atoms with Crippen molar-refractivity contribution in [1.29, 1.82) is 0 Å². The molecule has 20 heavy (non-hydrogen) atoms. The Kier molecular flexibility index (Phi) is 6.01. The Morgan fingerprint density at radius 3 is 2.30 bits per heavy atom. The van der Waals surface area contributed by atoms with Crippen molar-refractivity contribution < 1.29 is 18.0 Å². The third-order valence-corrected chi connectivity index (χ3v) is 2.60. The van der Waals surface area contributed by atoms with Gasteiger partial charge in [0.25, 0.3) is 0 Å². The van der Waals surface area contributed by atoms with E-state index in [2.05, 4.69) is 10.6 Å². The molecule has 0 aliphatic rings. The fraction of sp³-hybridized carbons (Fsp3) is 0.500. The monoisotopic (exact) mass is 288 g/mol. The molecule has 2 N–H and O–H groups in total. The summed E-state index contributed by atoms with van der Waals surface area (Å²) >= 11 is 0. The summed E-state index contributed by atoms with van der Waals surface area (Å²) in [6.45, 7) is 5.10. The Morgan fingerprint density at radius 2 is 1.80 bits per heavy atom. The molecule has 0 atom stereocenters. The molecular weight excluding hydrogens is 269 g/mol. The molecule has 1 rings (SSSR count). The van der Waals surface area contributed by atoms with Crippen LogP contribution in [0.1, 0.15) is 25.0 Å². The van der Waals surface area contributed by atoms with Gasteiger partial charge in [-0.05, 0) is 23.6 Å². The summed E-state index contributed by atoms with van der Waals surface area (Å²) in [5.74, 6) is 0.263. The summed E-state index contributed by atoms with van der Waals surface area (Å²) in [6.07, 6.45) is -4.32. The molecule has 0 unspecified atom stereocenters. The second-order valence-corrected chi connectivity index (χ2v) is 5.00. The van der Waals surface area contributed by atoms with E-state index in [1.807, 2.05) is 13.8 Å². The third kappa shape index (κ3) is 6.06. The highest BCUT2D eigenvalue weighted by Crippen LogP contribution is 2.28. The number of nitrogens with one attached hydrogen (secondary N) is 2. The molecule has 112 valence electrons. The van der Waals surface area contributed by atoms with E-state index in [-0.39, 0.29) is 12.5 Å². The van der Waals surface area contributed by atoms with Crippen molar-refractivity contribution in [2.45, 2.75) is 26.6 Å². The lowest BCUT2D eigenvalue weighted by Gasteiger charge is -2.10. The van der Waals surface area contributed by atoms with Crippen LogP contribution in [0.3, 0.4) is 0 Å². The van der Waals surface area contributed by atoms with Crippen LogP contribution in [0.4, 0.5) is 13.2 Å². The summed E-state index contributed by atoms with van der Waals surface area (Å²) in [5.41, 5.74) is 0.0330. The number of rotatable bonds is 6. The van der Waals surface area contributed by atoms with Crippen LogP contribution in [0.15, 0.2) is 24.3 Å². The lowest BCUT2D eigenvalue weighted by molar-refractivity contribution is -0.137. The number of carbonyl (C=O) groups excluding carboxylic acids is 1. The topological polar surface area (TPSA) is 41.1 Å². The van der Waals surface area contributed by atoms with Gasteiger partial charge in [0, 0.05) is 13.1 Å². The molecule has 1 aromatic carbocycles. The Bertz CT molecular complexity index is 427. The van der Waals surface area contributed by atoms with Gasteiger partial charge in [-0.3, -0.25) is 4.79 Å². The van der Waals surface area contributed by atoms with Gasteiger partial charge in [0.15, 0.2) is 0 Å². The van der Waals surface area contributed by atoms with Crippen molar-refractivity contribution >= 4 is 5.91 Å². The molecule has 0 bridgehead atoms. The molecule has 0 saturated heterocycles. The SMILES string of the molecule is CC(C)CNC(=O)CNCc1ccc(C(F)(F)F)cc1. The normalized spacial score (nSPS) is 11.7. The summed E-state index contributed by atoms with van der Waals surface area (Å²) in [5, 5.41) is 5.64. The quantitative estimate of drug-likeness (QED) is 0.844. The van der Waals surface area contributed by atoms with Crippen molar-refractivity contribution in [3.8, 4) is 0 Å². The van der Waals surface area contributed by atoms with Crippen molar-refractivity contribution in [2.24, 2.45) is 5.92 Å². The molecule has 6 heteroatoms. The minimum absolute atomic E-state index is 0.120. The van der Waals surface area contributed by atoms with Crippen LogP contribution in [0.2, 0.25) is 0 Å². The van der Waals surface area contributed by atoms with Crippen molar-refractivity contribution in [1.82, 2.24) is 10.6 Å². The van der Waals surface area contributed by atoms with Crippen LogP contribution in [0.5, 0.6) is 0 Å². The Balaban J connectivity index is 2.34. The summed E-state index contributed by atoms with van der Waals surface area (Å²) < 4.78 is 37.1. The Morgan fingerprint density at radius 1 is 1.20 bits per heavy atom. The van der Waals surface area contributed by atoms with Crippen LogP contribution in [-0.4, -0.2) is 19.0 Å². The maximum absolute atomic E-state index is 12.4. The van der Waals surface area contributed by atoms with E-state index < -0.39 is 11.7 Å². The number of alkyl halides is 3. The maximum atomic E-state index is 12.4. The molecule has 0 aromatic heterocycles. The molecule has 0 aliphatic carbocycles. The van der Waals surface area contributed by atoms with Gasteiger partial charge >= 0.3 is 6.18 Å². The average molecular weight is 288 g/mol. The van der Waals surface area contributed by atoms with Crippen molar-refractivity contribution in [2.75, 3.05) is 13.1 Å². The smallest absolute Gasteiger partial charge is 0.355 e. The fourth-order valence-electron chi connectivity index (χ4n) is 1.51. The zero-order chi connectivity index (χ0) is 15.2. The predicted molar refractivity (Wildman–Crippen MR) is 71.0 cm³/mol. The summed E-state index contributed by atoms with van der Waals surface area (Å²) in [4.78, 5) is 11.4. The van der Waals surface area contributed by atoms with E-state index in [9.17, 15) is 18.0 Å². The van der Waals surface area contributed by atoms with E-state index in [0.717, 1.165) is 12.1 Å². The average Bonchev–Trinajstić information content (AvgIpc) is 2.36. The third-order valence-electron chi connectivity index (χ3n) is 2.60. The first kappa shape index (κ1) is 16.5. The number of amides is 1. The van der Waals surface area contributed by atoms with Crippen molar-refractivity contribution in [3.05, 3.63) is 35.4 Å². The maximum Gasteiger partial charge on any atom is 0.416 e. The number of hydrogen-bond acceptors (Lipinski definition) is 2. The van der Waals surface area contributed by atoms with Crippen LogP contribution < -0.4 is 10.6 Å². The number of halogens is 3. The van der Waals surface area contributed by atoms with Gasteiger partial charge in [-0.15, -0.1) is 0 Å². The molecule has 0 saturated carbocycles. The highest BCUT2D eigenvalue weighted by atomic mass is 19.4.